The first-order valence-electron chi connectivity index (χ1n) is 10.8. The van der Waals surface area contributed by atoms with Crippen molar-refractivity contribution in [2.75, 3.05) is 0 Å². The van der Waals surface area contributed by atoms with Crippen LogP contribution in [0.3, 0.4) is 0 Å². The van der Waals surface area contributed by atoms with E-state index < -0.39 is 0 Å². The zero-order valence-corrected chi connectivity index (χ0v) is 18.8. The van der Waals surface area contributed by atoms with Crippen molar-refractivity contribution in [1.29, 1.82) is 0 Å². The second-order valence-corrected chi connectivity index (χ2v) is 10.3. The third kappa shape index (κ3) is 2.81. The molecule has 0 radical (unpaired) electrons. The van der Waals surface area contributed by atoms with Gasteiger partial charge in [-0.3, -0.25) is 0 Å². The Morgan fingerprint density at radius 1 is 0.375 bits per heavy atom. The Labute approximate surface area is 194 Å². The van der Waals surface area contributed by atoms with Crippen LogP contribution in [0, 0.1) is 0 Å². The lowest BCUT2D eigenvalue weighted by atomic mass is 10.0. The summed E-state index contributed by atoms with van der Waals surface area (Å²) in [5.74, 6) is 0. The molecular formula is C30H18S2. The molecule has 7 aromatic rings. The summed E-state index contributed by atoms with van der Waals surface area (Å²) in [5.41, 5.74) is 2.58. The average molecular weight is 443 g/mol. The Morgan fingerprint density at radius 2 is 0.781 bits per heavy atom. The maximum Gasteiger partial charge on any atom is 0.0428 e. The Kier molecular flexibility index (Phi) is 3.98. The largest absolute Gasteiger partial charge is 0.135 e. The van der Waals surface area contributed by atoms with Gasteiger partial charge in [0.1, 0.15) is 0 Å². The van der Waals surface area contributed by atoms with E-state index in [4.69, 9.17) is 0 Å². The third-order valence-electron chi connectivity index (χ3n) is 6.23. The second-order valence-electron chi connectivity index (χ2n) is 8.22. The van der Waals surface area contributed by atoms with Crippen LogP contribution in [0.2, 0.25) is 0 Å². The summed E-state index contributed by atoms with van der Waals surface area (Å²) in [6.07, 6.45) is 0. The second kappa shape index (κ2) is 7.03. The van der Waals surface area contributed by atoms with Crippen molar-refractivity contribution >= 4 is 64.4 Å². The fourth-order valence-corrected chi connectivity index (χ4v) is 7.01. The molecule has 0 spiro atoms. The van der Waals surface area contributed by atoms with Gasteiger partial charge >= 0.3 is 0 Å². The molecule has 0 fully saturated rings. The number of thiophene rings is 2. The molecular weight excluding hydrogens is 424 g/mol. The summed E-state index contributed by atoms with van der Waals surface area (Å²) in [7, 11) is 0. The quantitative estimate of drug-likeness (QED) is 0.234. The lowest BCUT2D eigenvalue weighted by Gasteiger charge is -2.05. The molecule has 2 aromatic heterocycles. The molecule has 0 unspecified atom stereocenters. The molecule has 0 N–H and O–H groups in total. The Balaban J connectivity index is 1.46. The molecule has 0 bridgehead atoms. The molecule has 5 aromatic carbocycles. The molecule has 0 saturated heterocycles. The molecule has 2 heteroatoms. The molecule has 0 aliphatic carbocycles. The smallest absolute Gasteiger partial charge is 0.0428 e. The van der Waals surface area contributed by atoms with Crippen molar-refractivity contribution in [3.63, 3.8) is 0 Å². The van der Waals surface area contributed by atoms with Gasteiger partial charge in [0.15, 0.2) is 0 Å². The Hall–Kier alpha value is -3.46. The SMILES string of the molecule is c1ccc(-c2cc3ccc4cc5c(ccc6cc(-c7ccccc7)sc65)cc4c3s2)cc1. The topological polar surface area (TPSA) is 0 Å². The van der Waals surface area contributed by atoms with Gasteiger partial charge in [0.2, 0.25) is 0 Å². The number of rotatable bonds is 2. The van der Waals surface area contributed by atoms with E-state index in [1.54, 1.807) is 0 Å². The van der Waals surface area contributed by atoms with Crippen molar-refractivity contribution in [2.45, 2.75) is 0 Å². The van der Waals surface area contributed by atoms with E-state index in [-0.39, 0.29) is 0 Å². The highest BCUT2D eigenvalue weighted by atomic mass is 32.1. The van der Waals surface area contributed by atoms with Gasteiger partial charge in [-0.05, 0) is 56.9 Å². The summed E-state index contributed by atoms with van der Waals surface area (Å²) in [4.78, 5) is 2.66. The minimum absolute atomic E-state index is 1.29. The van der Waals surface area contributed by atoms with E-state index in [2.05, 4.69) is 109 Å². The highest BCUT2D eigenvalue weighted by Gasteiger charge is 2.12. The molecule has 0 nitrogen and oxygen atoms in total. The van der Waals surface area contributed by atoms with Gasteiger partial charge in [-0.1, -0.05) is 84.9 Å². The van der Waals surface area contributed by atoms with Crippen LogP contribution in [0.5, 0.6) is 0 Å². The van der Waals surface area contributed by atoms with Gasteiger partial charge in [0.25, 0.3) is 0 Å². The van der Waals surface area contributed by atoms with Crippen LogP contribution < -0.4 is 0 Å². The predicted octanol–water partition coefficient (Wildman–Crippen LogP) is 9.76. The summed E-state index contributed by atoms with van der Waals surface area (Å²) in [5, 5.41) is 7.97. The standard InChI is InChI=1S/C30H18S2/c1-3-7-19(8-4-1)27-17-23-13-11-21-16-26-22(15-25(21)29(23)31-27)12-14-24-18-28(32-30(24)26)20-9-5-2-6-10-20/h1-18H. The van der Waals surface area contributed by atoms with Gasteiger partial charge in [0.05, 0.1) is 0 Å². The highest BCUT2D eigenvalue weighted by molar-refractivity contribution is 7.23. The summed E-state index contributed by atoms with van der Waals surface area (Å²) >= 11 is 3.79. The third-order valence-corrected chi connectivity index (χ3v) is 8.70. The van der Waals surface area contributed by atoms with E-state index >= 15 is 0 Å². The van der Waals surface area contributed by atoms with E-state index in [1.807, 2.05) is 22.7 Å². The molecule has 2 heterocycles. The first kappa shape index (κ1) is 18.1. The Bertz CT molecular complexity index is 1620. The van der Waals surface area contributed by atoms with Gasteiger partial charge in [0, 0.05) is 29.9 Å². The molecule has 0 atom stereocenters. The highest BCUT2D eigenvalue weighted by Crippen LogP contribution is 2.42. The summed E-state index contributed by atoms with van der Waals surface area (Å²) in [6.45, 7) is 0. The van der Waals surface area contributed by atoms with Crippen LogP contribution in [0.1, 0.15) is 0 Å². The average Bonchev–Trinajstić information content (AvgIpc) is 3.49. The minimum Gasteiger partial charge on any atom is -0.135 e. The maximum absolute atomic E-state index is 2.39. The van der Waals surface area contributed by atoms with Gasteiger partial charge in [-0.25, -0.2) is 0 Å². The molecule has 150 valence electrons. The molecule has 0 aliphatic heterocycles. The zero-order chi connectivity index (χ0) is 21.1. The summed E-state index contributed by atoms with van der Waals surface area (Å²) < 4.78 is 2.75. The van der Waals surface area contributed by atoms with Crippen molar-refractivity contribution in [2.24, 2.45) is 0 Å². The lowest BCUT2D eigenvalue weighted by molar-refractivity contribution is 1.70. The van der Waals surface area contributed by atoms with E-state index in [0.29, 0.717) is 0 Å². The van der Waals surface area contributed by atoms with Crippen molar-refractivity contribution in [3.05, 3.63) is 109 Å². The predicted molar refractivity (Wildman–Crippen MR) is 143 cm³/mol. The van der Waals surface area contributed by atoms with Crippen LogP contribution in [-0.4, -0.2) is 0 Å². The van der Waals surface area contributed by atoms with E-state index in [0.717, 1.165) is 0 Å². The number of hydrogen-bond donors (Lipinski definition) is 0. The van der Waals surface area contributed by atoms with Crippen molar-refractivity contribution < 1.29 is 0 Å². The fourth-order valence-electron chi connectivity index (χ4n) is 4.63. The van der Waals surface area contributed by atoms with Crippen LogP contribution in [0.15, 0.2) is 109 Å². The maximum atomic E-state index is 2.39. The van der Waals surface area contributed by atoms with Gasteiger partial charge in [-0.15, -0.1) is 22.7 Å². The van der Waals surface area contributed by atoms with E-state index in [1.165, 1.54) is 62.6 Å². The molecule has 32 heavy (non-hydrogen) atoms. The number of benzene rings is 5. The van der Waals surface area contributed by atoms with Crippen molar-refractivity contribution in [1.82, 2.24) is 0 Å². The van der Waals surface area contributed by atoms with Crippen LogP contribution in [0.25, 0.3) is 62.6 Å². The molecule has 7 rings (SSSR count). The minimum atomic E-state index is 1.29. The summed E-state index contributed by atoms with van der Waals surface area (Å²) in [6, 6.07) is 39.9. The zero-order valence-electron chi connectivity index (χ0n) is 17.2. The van der Waals surface area contributed by atoms with E-state index in [9.17, 15) is 0 Å². The molecule has 0 saturated carbocycles. The van der Waals surface area contributed by atoms with Crippen LogP contribution in [0.4, 0.5) is 0 Å². The molecule has 0 aliphatic rings. The number of fused-ring (bicyclic) bond motifs is 6. The first-order chi connectivity index (χ1) is 15.8. The normalized spacial score (nSPS) is 11.8. The van der Waals surface area contributed by atoms with Gasteiger partial charge < -0.3 is 0 Å². The van der Waals surface area contributed by atoms with Crippen molar-refractivity contribution in [3.8, 4) is 20.9 Å². The first-order valence-corrected chi connectivity index (χ1v) is 12.4. The van der Waals surface area contributed by atoms with Crippen LogP contribution >= 0.6 is 22.7 Å². The monoisotopic (exact) mass is 442 g/mol. The number of hydrogen-bond acceptors (Lipinski definition) is 2. The lowest BCUT2D eigenvalue weighted by Crippen LogP contribution is -1.77. The Morgan fingerprint density at radius 3 is 1.22 bits per heavy atom. The van der Waals surface area contributed by atoms with Gasteiger partial charge in [-0.2, -0.15) is 0 Å². The fraction of sp³-hybridized carbons (Fsp3) is 0. The van der Waals surface area contributed by atoms with Crippen LogP contribution in [-0.2, 0) is 0 Å². The molecule has 0 amide bonds.